The molecule has 2 N–H and O–H groups in total. The number of anilines is 1. The topological polar surface area (TPSA) is 48.1 Å². The van der Waals surface area contributed by atoms with E-state index in [4.69, 9.17) is 10.5 Å². The Bertz CT molecular complexity index is 337. The zero-order valence-electron chi connectivity index (χ0n) is 8.90. The van der Waals surface area contributed by atoms with Crippen LogP contribution in [0.15, 0.2) is 12.3 Å². The number of nitrogen functional groups attached to an aromatic ring is 1. The molecule has 15 heavy (non-hydrogen) atoms. The molecule has 0 unspecified atom stereocenters. The van der Waals surface area contributed by atoms with E-state index < -0.39 is 0 Å². The van der Waals surface area contributed by atoms with Crippen molar-refractivity contribution in [3.05, 3.63) is 17.8 Å². The summed E-state index contributed by atoms with van der Waals surface area (Å²) in [6, 6.07) is 2.01. The predicted molar refractivity (Wildman–Crippen MR) is 64.5 cm³/mol. The van der Waals surface area contributed by atoms with E-state index in [0.29, 0.717) is 17.5 Å². The van der Waals surface area contributed by atoms with Crippen LogP contribution in [-0.4, -0.2) is 23.6 Å². The zero-order valence-corrected chi connectivity index (χ0v) is 9.72. The SMILES string of the molecule is COc1ncc(C2CCSCC2)cc1N. The number of nitrogens with two attached hydrogens (primary N) is 1. The van der Waals surface area contributed by atoms with E-state index in [2.05, 4.69) is 4.98 Å². The van der Waals surface area contributed by atoms with E-state index in [9.17, 15) is 0 Å². The second kappa shape index (κ2) is 4.75. The fourth-order valence-electron chi connectivity index (χ4n) is 1.91. The maximum absolute atomic E-state index is 5.85. The van der Waals surface area contributed by atoms with Gasteiger partial charge in [0.25, 0.3) is 0 Å². The minimum Gasteiger partial charge on any atom is -0.480 e. The van der Waals surface area contributed by atoms with Crippen molar-refractivity contribution in [3.8, 4) is 5.88 Å². The van der Waals surface area contributed by atoms with Gasteiger partial charge in [-0.2, -0.15) is 11.8 Å². The number of nitrogens with zero attached hydrogens (tertiary/aromatic N) is 1. The van der Waals surface area contributed by atoms with Crippen LogP contribution in [0.3, 0.4) is 0 Å². The third-order valence-electron chi connectivity index (χ3n) is 2.79. The average Bonchev–Trinajstić information content (AvgIpc) is 2.30. The van der Waals surface area contributed by atoms with Crippen molar-refractivity contribution in [1.29, 1.82) is 0 Å². The van der Waals surface area contributed by atoms with Crippen molar-refractivity contribution in [2.24, 2.45) is 0 Å². The van der Waals surface area contributed by atoms with E-state index in [1.807, 2.05) is 24.0 Å². The summed E-state index contributed by atoms with van der Waals surface area (Å²) in [6.45, 7) is 0. The molecule has 82 valence electrons. The van der Waals surface area contributed by atoms with Crippen LogP contribution in [0, 0.1) is 0 Å². The molecule has 1 fully saturated rings. The molecule has 0 aliphatic carbocycles. The molecule has 1 aromatic heterocycles. The number of ether oxygens (including phenoxy) is 1. The van der Waals surface area contributed by atoms with Gasteiger partial charge in [0.05, 0.1) is 12.8 Å². The molecular formula is C11H16N2OS. The second-order valence-electron chi connectivity index (χ2n) is 3.75. The minimum atomic E-state index is 0.531. The lowest BCUT2D eigenvalue weighted by Gasteiger charge is -2.21. The van der Waals surface area contributed by atoms with Crippen molar-refractivity contribution in [1.82, 2.24) is 4.98 Å². The van der Waals surface area contributed by atoms with Gasteiger partial charge < -0.3 is 10.5 Å². The first-order chi connectivity index (χ1) is 7.31. The van der Waals surface area contributed by atoms with Crippen molar-refractivity contribution < 1.29 is 4.74 Å². The fourth-order valence-corrected chi connectivity index (χ4v) is 3.02. The van der Waals surface area contributed by atoms with Crippen LogP contribution in [0.2, 0.25) is 0 Å². The van der Waals surface area contributed by atoms with Crippen LogP contribution in [0.1, 0.15) is 24.3 Å². The van der Waals surface area contributed by atoms with E-state index >= 15 is 0 Å². The van der Waals surface area contributed by atoms with Crippen LogP contribution in [0.5, 0.6) is 5.88 Å². The number of rotatable bonds is 2. The summed E-state index contributed by atoms with van der Waals surface area (Å²) in [7, 11) is 1.59. The molecule has 1 aliphatic rings. The lowest BCUT2D eigenvalue weighted by Crippen LogP contribution is -2.09. The normalized spacial score (nSPS) is 17.7. The molecule has 0 aromatic carbocycles. The first-order valence-corrected chi connectivity index (χ1v) is 6.34. The van der Waals surface area contributed by atoms with Gasteiger partial charge in [-0.25, -0.2) is 4.98 Å². The molecule has 4 heteroatoms. The first-order valence-electron chi connectivity index (χ1n) is 5.18. The molecule has 2 heterocycles. The van der Waals surface area contributed by atoms with Gasteiger partial charge in [0.2, 0.25) is 5.88 Å². The number of hydrogen-bond acceptors (Lipinski definition) is 4. The largest absolute Gasteiger partial charge is 0.480 e. The Morgan fingerprint density at radius 2 is 2.20 bits per heavy atom. The Hall–Kier alpha value is -0.900. The highest BCUT2D eigenvalue weighted by Gasteiger charge is 2.17. The van der Waals surface area contributed by atoms with E-state index in [1.54, 1.807) is 7.11 Å². The van der Waals surface area contributed by atoms with Gasteiger partial charge in [0.15, 0.2) is 0 Å². The van der Waals surface area contributed by atoms with E-state index in [0.717, 1.165) is 0 Å². The highest BCUT2D eigenvalue weighted by Crippen LogP contribution is 2.33. The first kappa shape index (κ1) is 10.6. The van der Waals surface area contributed by atoms with Gasteiger partial charge in [0, 0.05) is 6.20 Å². The Balaban J connectivity index is 2.17. The molecule has 1 aromatic rings. The average molecular weight is 224 g/mol. The molecule has 0 radical (unpaired) electrons. The molecule has 2 rings (SSSR count). The second-order valence-corrected chi connectivity index (χ2v) is 4.98. The van der Waals surface area contributed by atoms with E-state index in [-0.39, 0.29) is 0 Å². The van der Waals surface area contributed by atoms with Gasteiger partial charge >= 0.3 is 0 Å². The number of aromatic nitrogens is 1. The lowest BCUT2D eigenvalue weighted by molar-refractivity contribution is 0.399. The smallest absolute Gasteiger partial charge is 0.236 e. The summed E-state index contributed by atoms with van der Waals surface area (Å²) in [5.74, 6) is 3.66. The summed E-state index contributed by atoms with van der Waals surface area (Å²) in [5.41, 5.74) is 7.75. The Kier molecular flexibility index (Phi) is 3.36. The van der Waals surface area contributed by atoms with Gasteiger partial charge in [-0.3, -0.25) is 0 Å². The number of hydrogen-bond donors (Lipinski definition) is 1. The lowest BCUT2D eigenvalue weighted by atomic mass is 9.95. The van der Waals surface area contributed by atoms with Gasteiger partial charge in [-0.15, -0.1) is 0 Å². The molecular weight excluding hydrogens is 208 g/mol. The van der Waals surface area contributed by atoms with Gasteiger partial charge in [-0.05, 0) is 41.9 Å². The Labute approximate surface area is 94.4 Å². The van der Waals surface area contributed by atoms with Crippen LogP contribution >= 0.6 is 11.8 Å². The van der Waals surface area contributed by atoms with Crippen LogP contribution in [0.4, 0.5) is 5.69 Å². The van der Waals surface area contributed by atoms with Crippen molar-refractivity contribution in [3.63, 3.8) is 0 Å². The molecule has 0 saturated carbocycles. The summed E-state index contributed by atoms with van der Waals surface area (Å²) < 4.78 is 5.05. The fraction of sp³-hybridized carbons (Fsp3) is 0.545. The number of pyridine rings is 1. The third kappa shape index (κ3) is 2.37. The highest BCUT2D eigenvalue weighted by molar-refractivity contribution is 7.99. The van der Waals surface area contributed by atoms with Crippen molar-refractivity contribution in [2.45, 2.75) is 18.8 Å². The molecule has 0 atom stereocenters. The number of thioether (sulfide) groups is 1. The van der Waals surface area contributed by atoms with Crippen LogP contribution in [0.25, 0.3) is 0 Å². The van der Waals surface area contributed by atoms with Crippen molar-refractivity contribution in [2.75, 3.05) is 24.3 Å². The van der Waals surface area contributed by atoms with Crippen molar-refractivity contribution >= 4 is 17.4 Å². The summed E-state index contributed by atoms with van der Waals surface area (Å²) in [5, 5.41) is 0. The summed E-state index contributed by atoms with van der Waals surface area (Å²) in [4.78, 5) is 4.22. The predicted octanol–water partition coefficient (Wildman–Crippen LogP) is 2.28. The molecule has 1 saturated heterocycles. The summed E-state index contributed by atoms with van der Waals surface area (Å²) in [6.07, 6.45) is 4.37. The van der Waals surface area contributed by atoms with Crippen LogP contribution < -0.4 is 10.5 Å². The highest BCUT2D eigenvalue weighted by atomic mass is 32.2. The Morgan fingerprint density at radius 3 is 2.80 bits per heavy atom. The summed E-state index contributed by atoms with van der Waals surface area (Å²) >= 11 is 2.03. The maximum Gasteiger partial charge on any atom is 0.236 e. The number of methoxy groups -OCH3 is 1. The molecule has 3 nitrogen and oxygen atoms in total. The monoisotopic (exact) mass is 224 g/mol. The van der Waals surface area contributed by atoms with Gasteiger partial charge in [0.1, 0.15) is 0 Å². The van der Waals surface area contributed by atoms with Crippen LogP contribution in [-0.2, 0) is 0 Å². The van der Waals surface area contributed by atoms with E-state index in [1.165, 1.54) is 29.9 Å². The molecule has 0 bridgehead atoms. The maximum atomic E-state index is 5.85. The minimum absolute atomic E-state index is 0.531. The quantitative estimate of drug-likeness (QED) is 0.837. The standard InChI is InChI=1S/C11H16N2OS/c1-14-11-10(12)6-9(7-13-11)8-2-4-15-5-3-8/h6-8H,2-5,12H2,1H3. The zero-order chi connectivity index (χ0) is 10.7. The molecule has 0 spiro atoms. The third-order valence-corrected chi connectivity index (χ3v) is 3.83. The molecule has 1 aliphatic heterocycles. The molecule has 0 amide bonds. The Morgan fingerprint density at radius 1 is 1.47 bits per heavy atom. The van der Waals surface area contributed by atoms with Gasteiger partial charge in [-0.1, -0.05) is 0 Å².